The molecule has 0 unspecified atom stereocenters. The molecule has 1 saturated heterocycles. The van der Waals surface area contributed by atoms with E-state index in [9.17, 15) is 14.7 Å². The summed E-state index contributed by atoms with van der Waals surface area (Å²) in [5.74, 6) is 0.424. The number of rotatable bonds is 6. The Kier molecular flexibility index (Phi) is 6.74. The van der Waals surface area contributed by atoms with Gasteiger partial charge in [0.15, 0.2) is 5.65 Å². The molecule has 3 N–H and O–H groups in total. The molecule has 1 fully saturated rings. The van der Waals surface area contributed by atoms with E-state index < -0.39 is 6.09 Å². The summed E-state index contributed by atoms with van der Waals surface area (Å²) in [6.07, 6.45) is 2.57. The topological polar surface area (TPSA) is 130 Å². The Balaban J connectivity index is 1.59. The summed E-state index contributed by atoms with van der Waals surface area (Å²) in [6.45, 7) is 0.425. The molecular formula is C27H27N5O5. The molecule has 10 nitrogen and oxygen atoms in total. The third-order valence-corrected chi connectivity index (χ3v) is 6.63. The second-order valence-corrected chi connectivity index (χ2v) is 8.75. The largest absolute Gasteiger partial charge is 0.496 e. The number of ether oxygens (including phenoxy) is 2. The molecule has 2 amide bonds. The smallest absolute Gasteiger partial charge is 0.411 e. The number of pyridine rings is 1. The van der Waals surface area contributed by atoms with E-state index in [4.69, 9.17) is 9.47 Å². The lowest BCUT2D eigenvalue weighted by Crippen LogP contribution is -2.38. The quantitative estimate of drug-likeness (QED) is 0.363. The zero-order chi connectivity index (χ0) is 25.9. The average Bonchev–Trinajstić information content (AvgIpc) is 3.59. The molecule has 2 aromatic heterocycles. The highest BCUT2D eigenvalue weighted by Crippen LogP contribution is 2.35. The molecule has 0 radical (unpaired) electrons. The number of methoxy groups -OCH3 is 2. The first-order chi connectivity index (χ1) is 18.0. The molecule has 1 atom stereocenters. The monoisotopic (exact) mass is 501 g/mol. The summed E-state index contributed by atoms with van der Waals surface area (Å²) in [5.41, 5.74) is 4.28. The standard InChI is InChI=1S/C27H27N5O5/c1-36-23-8-4-3-7-19(23)24-21-13-17(14-28-25(21)31-30-24)16-9-10-22(29-27(35)37-2)20(12-16)26(34)32-11-5-6-18(32)15-33/h3-4,7-10,12-14,18,33H,5-6,11,15H2,1-2H3,(H,29,35)(H,28,30,31)/t18-/m0/s1. The maximum atomic E-state index is 13.5. The van der Waals surface area contributed by atoms with Crippen LogP contribution in [0.2, 0.25) is 0 Å². The van der Waals surface area contributed by atoms with E-state index >= 15 is 0 Å². The molecule has 10 heteroatoms. The summed E-state index contributed by atoms with van der Waals surface area (Å²) < 4.78 is 10.3. The molecule has 0 aliphatic carbocycles. The Bertz CT molecular complexity index is 1470. The third-order valence-electron chi connectivity index (χ3n) is 6.63. The van der Waals surface area contributed by atoms with E-state index in [1.165, 1.54) is 7.11 Å². The molecule has 1 aliphatic heterocycles. The van der Waals surface area contributed by atoms with Gasteiger partial charge in [-0.1, -0.05) is 18.2 Å². The van der Waals surface area contributed by atoms with Gasteiger partial charge >= 0.3 is 6.09 Å². The van der Waals surface area contributed by atoms with Crippen molar-refractivity contribution in [1.82, 2.24) is 20.1 Å². The number of likely N-dealkylation sites (tertiary alicyclic amines) is 1. The van der Waals surface area contributed by atoms with Gasteiger partial charge in [0.2, 0.25) is 0 Å². The summed E-state index contributed by atoms with van der Waals surface area (Å²) in [6, 6.07) is 14.5. The number of aromatic amines is 1. The van der Waals surface area contributed by atoms with E-state index in [1.54, 1.807) is 36.4 Å². The molecule has 1 aliphatic rings. The molecule has 0 saturated carbocycles. The minimum absolute atomic E-state index is 0.113. The van der Waals surface area contributed by atoms with Crippen LogP contribution in [-0.4, -0.2) is 70.6 Å². The number of aliphatic hydroxyl groups excluding tert-OH is 1. The minimum Gasteiger partial charge on any atom is -0.496 e. The van der Waals surface area contributed by atoms with Gasteiger partial charge in [0.1, 0.15) is 11.4 Å². The van der Waals surface area contributed by atoms with Crippen LogP contribution < -0.4 is 10.1 Å². The molecule has 0 bridgehead atoms. The predicted octanol–water partition coefficient (Wildman–Crippen LogP) is 4.08. The number of carbonyl (C=O) groups excluding carboxylic acids is 2. The van der Waals surface area contributed by atoms with Crippen LogP contribution in [-0.2, 0) is 4.74 Å². The second-order valence-electron chi connectivity index (χ2n) is 8.75. The minimum atomic E-state index is -0.676. The van der Waals surface area contributed by atoms with E-state index in [2.05, 4.69) is 20.5 Å². The molecule has 0 spiro atoms. The Labute approximate surface area is 213 Å². The molecule has 4 aromatic rings. The lowest BCUT2D eigenvalue weighted by Gasteiger charge is -2.24. The van der Waals surface area contributed by atoms with Crippen molar-refractivity contribution < 1.29 is 24.2 Å². The van der Waals surface area contributed by atoms with Gasteiger partial charge in [0, 0.05) is 29.3 Å². The van der Waals surface area contributed by atoms with Crippen LogP contribution in [0.5, 0.6) is 5.75 Å². The van der Waals surface area contributed by atoms with Gasteiger partial charge in [-0.05, 0) is 48.7 Å². The van der Waals surface area contributed by atoms with Gasteiger partial charge < -0.3 is 19.5 Å². The van der Waals surface area contributed by atoms with Crippen LogP contribution in [0, 0.1) is 0 Å². The van der Waals surface area contributed by atoms with Crippen LogP contribution in [0.3, 0.4) is 0 Å². The average molecular weight is 502 g/mol. The van der Waals surface area contributed by atoms with Crippen molar-refractivity contribution in [2.45, 2.75) is 18.9 Å². The first-order valence-corrected chi connectivity index (χ1v) is 11.9. The van der Waals surface area contributed by atoms with Crippen LogP contribution >= 0.6 is 0 Å². The number of nitrogens with one attached hydrogen (secondary N) is 2. The number of nitrogens with zero attached hydrogens (tertiary/aromatic N) is 3. The highest BCUT2D eigenvalue weighted by atomic mass is 16.5. The number of aromatic nitrogens is 3. The summed E-state index contributed by atoms with van der Waals surface area (Å²) >= 11 is 0. The van der Waals surface area contributed by atoms with Crippen LogP contribution in [0.25, 0.3) is 33.4 Å². The first kappa shape index (κ1) is 24.3. The van der Waals surface area contributed by atoms with Crippen molar-refractivity contribution in [3.8, 4) is 28.1 Å². The fourth-order valence-corrected chi connectivity index (χ4v) is 4.73. The van der Waals surface area contributed by atoms with Crippen molar-refractivity contribution in [3.63, 3.8) is 0 Å². The Morgan fingerprint density at radius 3 is 2.78 bits per heavy atom. The third kappa shape index (κ3) is 4.58. The van der Waals surface area contributed by atoms with Crippen molar-refractivity contribution >= 4 is 28.7 Å². The summed E-state index contributed by atoms with van der Waals surface area (Å²) in [4.78, 5) is 31.7. The van der Waals surface area contributed by atoms with Crippen molar-refractivity contribution in [3.05, 3.63) is 60.3 Å². The lowest BCUT2D eigenvalue weighted by molar-refractivity contribution is 0.0678. The number of hydrogen-bond acceptors (Lipinski definition) is 7. The van der Waals surface area contributed by atoms with Gasteiger partial charge in [-0.25, -0.2) is 9.78 Å². The van der Waals surface area contributed by atoms with E-state index in [0.717, 1.165) is 34.9 Å². The van der Waals surface area contributed by atoms with E-state index in [1.807, 2.05) is 30.3 Å². The molecule has 2 aromatic carbocycles. The molecule has 5 rings (SSSR count). The van der Waals surface area contributed by atoms with E-state index in [-0.39, 0.29) is 18.6 Å². The van der Waals surface area contributed by atoms with Crippen LogP contribution in [0.4, 0.5) is 10.5 Å². The number of hydrogen-bond donors (Lipinski definition) is 3. The van der Waals surface area contributed by atoms with Crippen LogP contribution in [0.15, 0.2) is 54.7 Å². The van der Waals surface area contributed by atoms with Gasteiger partial charge in [0.25, 0.3) is 5.91 Å². The van der Waals surface area contributed by atoms with Crippen LogP contribution in [0.1, 0.15) is 23.2 Å². The van der Waals surface area contributed by atoms with Crippen molar-refractivity contribution in [2.75, 3.05) is 32.7 Å². The fourth-order valence-electron chi connectivity index (χ4n) is 4.73. The molecule has 37 heavy (non-hydrogen) atoms. The predicted molar refractivity (Wildman–Crippen MR) is 138 cm³/mol. The number of fused-ring (bicyclic) bond motifs is 1. The lowest BCUT2D eigenvalue weighted by atomic mass is 10.00. The zero-order valence-corrected chi connectivity index (χ0v) is 20.5. The number of aliphatic hydroxyl groups is 1. The number of para-hydroxylation sites is 1. The number of amides is 2. The second kappa shape index (κ2) is 10.3. The van der Waals surface area contributed by atoms with Crippen molar-refractivity contribution in [2.24, 2.45) is 0 Å². The number of carbonyl (C=O) groups is 2. The number of benzene rings is 2. The highest BCUT2D eigenvalue weighted by molar-refractivity contribution is 6.04. The number of H-pyrrole nitrogens is 1. The molecular weight excluding hydrogens is 474 g/mol. The van der Waals surface area contributed by atoms with Gasteiger partial charge in [-0.2, -0.15) is 5.10 Å². The van der Waals surface area contributed by atoms with Gasteiger partial charge in [0.05, 0.1) is 38.1 Å². The Morgan fingerprint density at radius 2 is 2.00 bits per heavy atom. The summed E-state index contributed by atoms with van der Waals surface area (Å²) in [7, 11) is 2.88. The van der Waals surface area contributed by atoms with Gasteiger partial charge in [-0.15, -0.1) is 0 Å². The molecule has 3 heterocycles. The summed E-state index contributed by atoms with van der Waals surface area (Å²) in [5, 5.41) is 20.6. The van der Waals surface area contributed by atoms with Crippen molar-refractivity contribution in [1.29, 1.82) is 0 Å². The maximum Gasteiger partial charge on any atom is 0.411 e. The van der Waals surface area contributed by atoms with E-state index in [0.29, 0.717) is 34.9 Å². The first-order valence-electron chi connectivity index (χ1n) is 11.9. The normalized spacial score (nSPS) is 15.1. The SMILES string of the molecule is COC(=O)Nc1ccc(-c2cnc3[nH]nc(-c4ccccc4OC)c3c2)cc1C(=O)N1CCC[C@H]1CO. The number of anilines is 1. The zero-order valence-electron chi connectivity index (χ0n) is 20.5. The van der Waals surface area contributed by atoms with Gasteiger partial charge in [-0.3, -0.25) is 15.2 Å². The maximum absolute atomic E-state index is 13.5. The highest BCUT2D eigenvalue weighted by Gasteiger charge is 2.30. The fraction of sp³-hybridized carbons (Fsp3) is 0.259. The Morgan fingerprint density at radius 1 is 1.16 bits per heavy atom. The molecule has 190 valence electrons. The Hall–Kier alpha value is -4.44.